The number of amides is 3. The number of benzene rings is 1. The van der Waals surface area contributed by atoms with E-state index in [1.165, 1.54) is 0 Å². The van der Waals surface area contributed by atoms with Gasteiger partial charge in [0.05, 0.1) is 18.7 Å². The SMILES string of the molecule is O=C1NC[C@@]2(CCC(=O)N(CC(=O)N3CCCC3)CC2)Oc2ccccc21. The highest BCUT2D eigenvalue weighted by Gasteiger charge is 2.40. The number of nitrogens with zero attached hydrogens (tertiary/aromatic N) is 2. The molecule has 1 N–H and O–H groups in total. The third-order valence-corrected chi connectivity index (χ3v) is 5.80. The number of rotatable bonds is 2. The first-order valence-corrected chi connectivity index (χ1v) is 9.68. The van der Waals surface area contributed by atoms with Gasteiger partial charge in [-0.15, -0.1) is 0 Å². The Balaban J connectivity index is 1.48. The van der Waals surface area contributed by atoms with E-state index in [2.05, 4.69) is 5.32 Å². The van der Waals surface area contributed by atoms with Gasteiger partial charge < -0.3 is 19.9 Å². The smallest absolute Gasteiger partial charge is 0.255 e. The first-order valence-electron chi connectivity index (χ1n) is 9.68. The molecule has 4 rings (SSSR count). The summed E-state index contributed by atoms with van der Waals surface area (Å²) in [7, 11) is 0. The van der Waals surface area contributed by atoms with Crippen LogP contribution in [0.1, 0.15) is 42.5 Å². The lowest BCUT2D eigenvalue weighted by atomic mass is 9.94. The maximum absolute atomic E-state index is 12.6. The molecule has 0 bridgehead atoms. The number of hydrogen-bond donors (Lipinski definition) is 1. The number of carbonyl (C=O) groups is 3. The van der Waals surface area contributed by atoms with Gasteiger partial charge in [0, 0.05) is 32.5 Å². The van der Waals surface area contributed by atoms with Crippen molar-refractivity contribution < 1.29 is 19.1 Å². The fourth-order valence-electron chi connectivity index (χ4n) is 4.11. The van der Waals surface area contributed by atoms with Crippen molar-refractivity contribution in [1.29, 1.82) is 0 Å². The highest BCUT2D eigenvalue weighted by molar-refractivity contribution is 5.97. The van der Waals surface area contributed by atoms with Crippen molar-refractivity contribution in [3.8, 4) is 5.75 Å². The van der Waals surface area contributed by atoms with E-state index in [0.29, 0.717) is 43.7 Å². The van der Waals surface area contributed by atoms with Crippen LogP contribution in [0.2, 0.25) is 0 Å². The predicted molar refractivity (Wildman–Crippen MR) is 98.4 cm³/mol. The fourth-order valence-corrected chi connectivity index (χ4v) is 4.11. The molecule has 7 heteroatoms. The van der Waals surface area contributed by atoms with Gasteiger partial charge in [0.15, 0.2) is 0 Å². The number of ether oxygens (including phenoxy) is 1. The molecule has 144 valence electrons. The van der Waals surface area contributed by atoms with Crippen LogP contribution in [0.5, 0.6) is 5.75 Å². The number of hydrogen-bond acceptors (Lipinski definition) is 4. The Labute approximate surface area is 158 Å². The minimum atomic E-state index is -0.622. The quantitative estimate of drug-likeness (QED) is 0.847. The molecular weight excluding hydrogens is 346 g/mol. The molecule has 1 aromatic rings. The Hall–Kier alpha value is -2.57. The first kappa shape index (κ1) is 17.8. The molecule has 3 amide bonds. The lowest BCUT2D eigenvalue weighted by Gasteiger charge is -2.32. The fraction of sp³-hybridized carbons (Fsp3) is 0.550. The topological polar surface area (TPSA) is 79.0 Å². The molecule has 3 aliphatic heterocycles. The summed E-state index contributed by atoms with van der Waals surface area (Å²) in [6.07, 6.45) is 3.49. The Kier molecular flexibility index (Phi) is 4.76. The number of para-hydroxylation sites is 1. The molecule has 1 spiro atoms. The summed E-state index contributed by atoms with van der Waals surface area (Å²) in [5, 5.41) is 2.94. The van der Waals surface area contributed by atoms with E-state index in [1.807, 2.05) is 17.0 Å². The largest absolute Gasteiger partial charge is 0.485 e. The molecule has 3 aliphatic rings. The molecule has 1 atom stereocenters. The van der Waals surface area contributed by atoms with Crippen LogP contribution in [-0.4, -0.2) is 65.8 Å². The van der Waals surface area contributed by atoms with Crippen molar-refractivity contribution in [3.05, 3.63) is 29.8 Å². The maximum atomic E-state index is 12.6. The lowest BCUT2D eigenvalue weighted by molar-refractivity contribution is -0.139. The summed E-state index contributed by atoms with van der Waals surface area (Å²) in [6, 6.07) is 7.19. The number of likely N-dealkylation sites (tertiary alicyclic amines) is 2. The van der Waals surface area contributed by atoms with Crippen LogP contribution in [0, 0.1) is 0 Å². The van der Waals surface area contributed by atoms with Crippen molar-refractivity contribution in [2.75, 3.05) is 32.7 Å². The number of carbonyl (C=O) groups excluding carboxylic acids is 3. The Morgan fingerprint density at radius 3 is 2.70 bits per heavy atom. The third-order valence-electron chi connectivity index (χ3n) is 5.80. The summed E-state index contributed by atoms with van der Waals surface area (Å²) in [4.78, 5) is 40.9. The number of nitrogens with one attached hydrogen (secondary N) is 1. The van der Waals surface area contributed by atoms with Crippen LogP contribution in [0.25, 0.3) is 0 Å². The summed E-state index contributed by atoms with van der Waals surface area (Å²) < 4.78 is 6.28. The van der Waals surface area contributed by atoms with E-state index >= 15 is 0 Å². The second kappa shape index (κ2) is 7.21. The van der Waals surface area contributed by atoms with Crippen molar-refractivity contribution >= 4 is 17.7 Å². The zero-order chi connectivity index (χ0) is 18.9. The van der Waals surface area contributed by atoms with Crippen molar-refractivity contribution in [1.82, 2.24) is 15.1 Å². The highest BCUT2D eigenvalue weighted by Crippen LogP contribution is 2.33. The van der Waals surface area contributed by atoms with Crippen molar-refractivity contribution in [3.63, 3.8) is 0 Å². The molecule has 7 nitrogen and oxygen atoms in total. The van der Waals surface area contributed by atoms with Crippen LogP contribution in [0.3, 0.4) is 0 Å². The molecule has 2 saturated heterocycles. The summed E-state index contributed by atoms with van der Waals surface area (Å²) in [6.45, 7) is 2.53. The van der Waals surface area contributed by atoms with Crippen LogP contribution < -0.4 is 10.1 Å². The Bertz CT molecular complexity index is 759. The van der Waals surface area contributed by atoms with E-state index < -0.39 is 5.60 Å². The summed E-state index contributed by atoms with van der Waals surface area (Å²) >= 11 is 0. The van der Waals surface area contributed by atoms with Crippen LogP contribution in [-0.2, 0) is 9.59 Å². The Morgan fingerprint density at radius 1 is 1.11 bits per heavy atom. The van der Waals surface area contributed by atoms with Gasteiger partial charge in [0.1, 0.15) is 11.4 Å². The van der Waals surface area contributed by atoms with Gasteiger partial charge in [-0.3, -0.25) is 14.4 Å². The van der Waals surface area contributed by atoms with Crippen molar-refractivity contribution in [2.45, 2.75) is 37.7 Å². The molecule has 0 saturated carbocycles. The van der Waals surface area contributed by atoms with E-state index in [0.717, 1.165) is 25.9 Å². The van der Waals surface area contributed by atoms with Gasteiger partial charge in [0.25, 0.3) is 5.91 Å². The zero-order valence-electron chi connectivity index (χ0n) is 15.4. The minimum Gasteiger partial charge on any atom is -0.485 e. The third kappa shape index (κ3) is 3.63. The molecular formula is C20H25N3O4. The summed E-state index contributed by atoms with van der Waals surface area (Å²) in [5.74, 6) is 0.407. The van der Waals surface area contributed by atoms with Crippen LogP contribution in [0.4, 0.5) is 0 Å². The zero-order valence-corrected chi connectivity index (χ0v) is 15.4. The monoisotopic (exact) mass is 371 g/mol. The lowest BCUT2D eigenvalue weighted by Crippen LogP contribution is -2.46. The second-order valence-corrected chi connectivity index (χ2v) is 7.62. The predicted octanol–water partition coefficient (Wildman–Crippen LogP) is 1.18. The molecule has 1 aromatic carbocycles. The van der Waals surface area contributed by atoms with E-state index in [1.54, 1.807) is 17.0 Å². The Morgan fingerprint density at radius 2 is 1.89 bits per heavy atom. The molecule has 27 heavy (non-hydrogen) atoms. The summed E-state index contributed by atoms with van der Waals surface area (Å²) in [5.41, 5.74) is -0.102. The van der Waals surface area contributed by atoms with Gasteiger partial charge in [0.2, 0.25) is 11.8 Å². The molecule has 2 fully saturated rings. The average molecular weight is 371 g/mol. The van der Waals surface area contributed by atoms with Crippen LogP contribution >= 0.6 is 0 Å². The standard InChI is InChI=1S/C20H25N3O4/c24-17-7-8-20(9-12-23(17)13-18(25)22-10-3-4-11-22)14-21-19(26)15-5-1-2-6-16(15)27-20/h1-2,5-6H,3-4,7-14H2,(H,21,26)/t20-/m0/s1. The molecule has 0 unspecified atom stereocenters. The van der Waals surface area contributed by atoms with Crippen molar-refractivity contribution in [2.24, 2.45) is 0 Å². The van der Waals surface area contributed by atoms with Gasteiger partial charge in [-0.25, -0.2) is 0 Å². The minimum absolute atomic E-state index is 0.0214. The molecule has 0 aliphatic carbocycles. The van der Waals surface area contributed by atoms with Crippen LogP contribution in [0.15, 0.2) is 24.3 Å². The first-order chi connectivity index (χ1) is 13.1. The van der Waals surface area contributed by atoms with Gasteiger partial charge >= 0.3 is 0 Å². The van der Waals surface area contributed by atoms with E-state index in [9.17, 15) is 14.4 Å². The number of fused-ring (bicyclic) bond motifs is 1. The molecule has 3 heterocycles. The van der Waals surface area contributed by atoms with Gasteiger partial charge in [-0.05, 0) is 31.4 Å². The van der Waals surface area contributed by atoms with Gasteiger partial charge in [-0.1, -0.05) is 12.1 Å². The highest BCUT2D eigenvalue weighted by atomic mass is 16.5. The second-order valence-electron chi connectivity index (χ2n) is 7.62. The van der Waals surface area contributed by atoms with E-state index in [4.69, 9.17) is 4.74 Å². The normalized spacial score (nSPS) is 25.5. The molecule has 0 aromatic heterocycles. The molecule has 0 radical (unpaired) electrons. The maximum Gasteiger partial charge on any atom is 0.255 e. The average Bonchev–Trinajstić information content (AvgIpc) is 3.13. The van der Waals surface area contributed by atoms with E-state index in [-0.39, 0.29) is 24.3 Å². The van der Waals surface area contributed by atoms with Gasteiger partial charge in [-0.2, -0.15) is 0 Å².